The van der Waals surface area contributed by atoms with Crippen molar-refractivity contribution < 1.29 is 8.42 Å². The van der Waals surface area contributed by atoms with Gasteiger partial charge in [0.2, 0.25) is 10.0 Å². The first-order valence-corrected chi connectivity index (χ1v) is 8.24. The molecule has 0 saturated carbocycles. The molecule has 0 heterocycles. The number of sulfonamides is 1. The second-order valence-corrected chi connectivity index (χ2v) is 6.70. The quantitative estimate of drug-likeness (QED) is 0.598. The van der Waals surface area contributed by atoms with Gasteiger partial charge in [-0.25, -0.2) is 13.1 Å². The van der Waals surface area contributed by atoms with Crippen LogP contribution in [0.4, 0.5) is 0 Å². The van der Waals surface area contributed by atoms with Crippen molar-refractivity contribution in [2.45, 2.75) is 31.1 Å². The number of rotatable bonds is 7. The average molecular weight is 321 g/mol. The molecule has 4 nitrogen and oxygen atoms in total. The average Bonchev–Trinajstić information content (AvgIpc) is 2.34. The number of hydrogen-bond acceptors (Lipinski definition) is 3. The van der Waals surface area contributed by atoms with Crippen molar-refractivity contribution in [3.8, 4) is 0 Å². The summed E-state index contributed by atoms with van der Waals surface area (Å²) in [6.45, 7) is 2.45. The van der Waals surface area contributed by atoms with E-state index in [-0.39, 0.29) is 14.9 Å². The van der Waals surface area contributed by atoms with Crippen LogP contribution < -0.4 is 10.5 Å². The van der Waals surface area contributed by atoms with Gasteiger partial charge in [-0.2, -0.15) is 0 Å². The van der Waals surface area contributed by atoms with Gasteiger partial charge in [-0.1, -0.05) is 49.7 Å². The molecule has 3 N–H and O–H groups in total. The molecule has 0 unspecified atom stereocenters. The van der Waals surface area contributed by atoms with E-state index in [2.05, 4.69) is 11.6 Å². The van der Waals surface area contributed by atoms with Crippen molar-refractivity contribution in [1.29, 1.82) is 0 Å². The molecule has 0 spiro atoms. The minimum Gasteiger partial charge on any atom is -0.389 e. The highest BCUT2D eigenvalue weighted by Gasteiger charge is 2.18. The van der Waals surface area contributed by atoms with Gasteiger partial charge in [0.25, 0.3) is 0 Å². The van der Waals surface area contributed by atoms with E-state index < -0.39 is 10.0 Å². The smallest absolute Gasteiger partial charge is 0.242 e. The fourth-order valence-electron chi connectivity index (χ4n) is 1.52. The Kier molecular flexibility index (Phi) is 6.19. The molecule has 106 valence electrons. The van der Waals surface area contributed by atoms with Crippen molar-refractivity contribution in [3.63, 3.8) is 0 Å². The topological polar surface area (TPSA) is 72.2 Å². The first-order valence-electron chi connectivity index (χ1n) is 5.97. The predicted octanol–water partition coefficient (Wildman–Crippen LogP) is 2.44. The number of halogens is 1. The lowest BCUT2D eigenvalue weighted by atomic mass is 10.2. The van der Waals surface area contributed by atoms with E-state index in [1.807, 2.05) is 0 Å². The summed E-state index contributed by atoms with van der Waals surface area (Å²) in [7, 11) is -3.62. The summed E-state index contributed by atoms with van der Waals surface area (Å²) in [6, 6.07) is 4.48. The molecule has 0 amide bonds. The fourth-order valence-corrected chi connectivity index (χ4v) is 3.25. The summed E-state index contributed by atoms with van der Waals surface area (Å²) < 4.78 is 26.7. The molecule has 1 aromatic rings. The van der Waals surface area contributed by atoms with Gasteiger partial charge in [-0.05, 0) is 18.6 Å². The summed E-state index contributed by atoms with van der Waals surface area (Å²) in [4.78, 5) is 0.148. The van der Waals surface area contributed by atoms with Crippen LogP contribution in [0, 0.1) is 0 Å². The van der Waals surface area contributed by atoms with E-state index in [0.717, 1.165) is 19.3 Å². The molecule has 0 aliphatic carbocycles. The normalized spacial score (nSPS) is 11.5. The molecule has 0 aliphatic rings. The molecule has 1 rings (SSSR count). The van der Waals surface area contributed by atoms with E-state index in [1.54, 1.807) is 6.07 Å². The maximum Gasteiger partial charge on any atom is 0.242 e. The first-order chi connectivity index (χ1) is 8.88. The molecule has 0 fully saturated rings. The lowest BCUT2D eigenvalue weighted by molar-refractivity contribution is 0.576. The van der Waals surface area contributed by atoms with E-state index in [1.165, 1.54) is 12.1 Å². The molecule has 0 aliphatic heterocycles. The van der Waals surface area contributed by atoms with E-state index in [4.69, 9.17) is 29.6 Å². The van der Waals surface area contributed by atoms with Gasteiger partial charge in [0.15, 0.2) is 0 Å². The van der Waals surface area contributed by atoms with E-state index in [0.29, 0.717) is 12.1 Å². The van der Waals surface area contributed by atoms with Crippen LogP contribution in [0.1, 0.15) is 31.7 Å². The van der Waals surface area contributed by atoms with Crippen LogP contribution in [0.15, 0.2) is 23.1 Å². The second kappa shape index (κ2) is 7.19. The van der Waals surface area contributed by atoms with Crippen molar-refractivity contribution in [2.24, 2.45) is 5.73 Å². The summed E-state index contributed by atoms with van der Waals surface area (Å²) in [5.41, 5.74) is 5.97. The van der Waals surface area contributed by atoms with Gasteiger partial charge in [0.05, 0.1) is 5.02 Å². The summed E-state index contributed by atoms with van der Waals surface area (Å²) >= 11 is 10.8. The summed E-state index contributed by atoms with van der Waals surface area (Å²) in [6.07, 6.45) is 2.80. The molecular formula is C12H17ClN2O2S2. The Labute approximate surface area is 124 Å². The SMILES string of the molecule is CCCCCNS(=O)(=O)c1cc(C(N)=S)ccc1Cl. The molecule has 19 heavy (non-hydrogen) atoms. The van der Waals surface area contributed by atoms with E-state index >= 15 is 0 Å². The van der Waals surface area contributed by atoms with Crippen molar-refractivity contribution in [3.05, 3.63) is 28.8 Å². The molecule has 7 heteroatoms. The molecular weight excluding hydrogens is 304 g/mol. The van der Waals surface area contributed by atoms with Crippen molar-refractivity contribution >= 4 is 38.8 Å². The number of unbranched alkanes of at least 4 members (excludes halogenated alkanes) is 2. The lowest BCUT2D eigenvalue weighted by Gasteiger charge is -2.09. The van der Waals surface area contributed by atoms with Gasteiger partial charge in [0.1, 0.15) is 9.88 Å². The highest BCUT2D eigenvalue weighted by Crippen LogP contribution is 2.22. The third-order valence-electron chi connectivity index (χ3n) is 2.58. The Morgan fingerprint density at radius 1 is 1.42 bits per heavy atom. The molecule has 0 aromatic heterocycles. The fraction of sp³-hybridized carbons (Fsp3) is 0.417. The highest BCUT2D eigenvalue weighted by molar-refractivity contribution is 7.89. The zero-order chi connectivity index (χ0) is 14.5. The van der Waals surface area contributed by atoms with Gasteiger partial charge < -0.3 is 5.73 Å². The van der Waals surface area contributed by atoms with Gasteiger partial charge in [0, 0.05) is 12.1 Å². The zero-order valence-corrected chi connectivity index (χ0v) is 13.0. The van der Waals surface area contributed by atoms with Crippen LogP contribution in [-0.4, -0.2) is 20.0 Å². The number of nitrogens with one attached hydrogen (secondary N) is 1. The summed E-state index contributed by atoms with van der Waals surface area (Å²) in [5.74, 6) is 0. The molecule has 0 bridgehead atoms. The largest absolute Gasteiger partial charge is 0.389 e. The summed E-state index contributed by atoms with van der Waals surface area (Å²) in [5, 5.41) is 0.156. The Morgan fingerprint density at radius 2 is 2.11 bits per heavy atom. The zero-order valence-electron chi connectivity index (χ0n) is 10.6. The van der Waals surface area contributed by atoms with Crippen molar-refractivity contribution in [2.75, 3.05) is 6.54 Å². The molecule has 0 atom stereocenters. The lowest BCUT2D eigenvalue weighted by Crippen LogP contribution is -2.25. The Balaban J connectivity index is 2.94. The first kappa shape index (κ1) is 16.4. The Morgan fingerprint density at radius 3 is 2.68 bits per heavy atom. The second-order valence-electron chi connectivity index (χ2n) is 4.11. The maximum absolute atomic E-state index is 12.1. The highest BCUT2D eigenvalue weighted by atomic mass is 35.5. The van der Waals surface area contributed by atoms with Gasteiger partial charge in [-0.15, -0.1) is 0 Å². The predicted molar refractivity (Wildman–Crippen MR) is 82.1 cm³/mol. The monoisotopic (exact) mass is 320 g/mol. The minimum absolute atomic E-state index is 0.0102. The van der Waals surface area contributed by atoms with Crippen LogP contribution in [0.3, 0.4) is 0 Å². The molecule has 0 radical (unpaired) electrons. The number of thiocarbonyl (C=S) groups is 1. The van der Waals surface area contributed by atoms with Crippen molar-refractivity contribution in [1.82, 2.24) is 4.72 Å². The Hall–Kier alpha value is -0.690. The van der Waals surface area contributed by atoms with Crippen LogP contribution in [0.2, 0.25) is 5.02 Å². The van der Waals surface area contributed by atoms with Gasteiger partial charge in [-0.3, -0.25) is 0 Å². The number of hydrogen-bond donors (Lipinski definition) is 2. The van der Waals surface area contributed by atoms with Gasteiger partial charge >= 0.3 is 0 Å². The number of benzene rings is 1. The van der Waals surface area contributed by atoms with Crippen LogP contribution in [0.5, 0.6) is 0 Å². The van der Waals surface area contributed by atoms with Crippen LogP contribution in [-0.2, 0) is 10.0 Å². The molecule has 0 saturated heterocycles. The maximum atomic E-state index is 12.1. The number of nitrogens with two attached hydrogens (primary N) is 1. The van der Waals surface area contributed by atoms with Crippen LogP contribution in [0.25, 0.3) is 0 Å². The standard InChI is InChI=1S/C12H17ClN2O2S2/c1-2-3-4-7-15-19(16,17)11-8-9(12(14)18)5-6-10(11)13/h5-6,8,15H,2-4,7H2,1H3,(H2,14,18). The third-order valence-corrected chi connectivity index (χ3v) is 4.76. The molecule has 1 aromatic carbocycles. The van der Waals surface area contributed by atoms with Crippen LogP contribution >= 0.6 is 23.8 Å². The third kappa shape index (κ3) is 4.72. The van der Waals surface area contributed by atoms with E-state index in [9.17, 15) is 8.42 Å². The minimum atomic E-state index is -3.62. The Bertz CT molecular complexity index is 559.